The molecule has 0 aliphatic carbocycles. The van der Waals surface area contributed by atoms with E-state index in [2.05, 4.69) is 26.6 Å². The first-order chi connectivity index (χ1) is 11.7. The van der Waals surface area contributed by atoms with E-state index >= 15 is 0 Å². The van der Waals surface area contributed by atoms with E-state index in [4.69, 9.17) is 4.74 Å². The van der Waals surface area contributed by atoms with E-state index < -0.39 is 6.10 Å². The summed E-state index contributed by atoms with van der Waals surface area (Å²) in [6.45, 7) is 1.87. The second-order valence-corrected chi connectivity index (χ2v) is 6.73. The van der Waals surface area contributed by atoms with Crippen molar-refractivity contribution >= 4 is 34.2 Å². The zero-order chi connectivity index (χ0) is 16.8. The van der Waals surface area contributed by atoms with Crippen molar-refractivity contribution < 1.29 is 9.53 Å². The third-order valence-electron chi connectivity index (χ3n) is 4.11. The molecule has 1 amide bonds. The zero-order valence-electron chi connectivity index (χ0n) is 13.8. The first-order valence-corrected chi connectivity index (χ1v) is 9.00. The van der Waals surface area contributed by atoms with Crippen LogP contribution in [0.3, 0.4) is 0 Å². The summed E-state index contributed by atoms with van der Waals surface area (Å²) in [5, 5.41) is 6.45. The molecule has 2 aromatic carbocycles. The van der Waals surface area contributed by atoms with E-state index in [9.17, 15) is 4.79 Å². The summed E-state index contributed by atoms with van der Waals surface area (Å²) in [5.74, 6) is 0.565. The van der Waals surface area contributed by atoms with Crippen molar-refractivity contribution in [2.24, 2.45) is 0 Å². The lowest BCUT2D eigenvalue weighted by Gasteiger charge is -2.26. The molecule has 1 aliphatic heterocycles. The van der Waals surface area contributed by atoms with E-state index in [-0.39, 0.29) is 24.4 Å². The van der Waals surface area contributed by atoms with Crippen LogP contribution in [-0.2, 0) is 4.79 Å². The number of nitrogens with one attached hydrogen (secondary N) is 2. The number of halogens is 2. The SMILES string of the molecule is Cl.O=C(NC1CCNCC1)C(Oc1ccccc1Br)c1ccccc1. The fraction of sp³-hybridized carbons (Fsp3) is 0.316. The lowest BCUT2D eigenvalue weighted by Crippen LogP contribution is -2.45. The van der Waals surface area contributed by atoms with E-state index in [0.29, 0.717) is 5.75 Å². The predicted octanol–water partition coefficient (Wildman–Crippen LogP) is 3.86. The number of amides is 1. The molecule has 1 atom stereocenters. The average molecular weight is 426 g/mol. The van der Waals surface area contributed by atoms with Crippen LogP contribution in [0, 0.1) is 0 Å². The van der Waals surface area contributed by atoms with Gasteiger partial charge in [0.05, 0.1) is 4.47 Å². The highest BCUT2D eigenvalue weighted by molar-refractivity contribution is 9.10. The Labute approximate surface area is 162 Å². The van der Waals surface area contributed by atoms with Crippen LogP contribution in [0.5, 0.6) is 5.75 Å². The first-order valence-electron chi connectivity index (χ1n) is 8.21. The van der Waals surface area contributed by atoms with Crippen LogP contribution < -0.4 is 15.4 Å². The molecule has 2 N–H and O–H groups in total. The molecule has 6 heteroatoms. The summed E-state index contributed by atoms with van der Waals surface area (Å²) in [5.41, 5.74) is 0.847. The predicted molar refractivity (Wildman–Crippen MR) is 105 cm³/mol. The highest BCUT2D eigenvalue weighted by Gasteiger charge is 2.26. The van der Waals surface area contributed by atoms with E-state index in [1.807, 2.05) is 54.6 Å². The van der Waals surface area contributed by atoms with Gasteiger partial charge in [-0.3, -0.25) is 4.79 Å². The smallest absolute Gasteiger partial charge is 0.266 e. The van der Waals surface area contributed by atoms with E-state index in [1.165, 1.54) is 0 Å². The molecule has 0 aromatic heterocycles. The lowest BCUT2D eigenvalue weighted by atomic mass is 10.0. The van der Waals surface area contributed by atoms with Crippen molar-refractivity contribution in [3.05, 3.63) is 64.6 Å². The van der Waals surface area contributed by atoms with Gasteiger partial charge in [-0.25, -0.2) is 0 Å². The maximum Gasteiger partial charge on any atom is 0.266 e. The van der Waals surface area contributed by atoms with Crippen LogP contribution in [0.4, 0.5) is 0 Å². The van der Waals surface area contributed by atoms with Crippen LogP contribution in [0.1, 0.15) is 24.5 Å². The summed E-state index contributed by atoms with van der Waals surface area (Å²) in [6.07, 6.45) is 1.23. The average Bonchev–Trinajstić information content (AvgIpc) is 2.62. The van der Waals surface area contributed by atoms with Gasteiger partial charge in [0.25, 0.3) is 5.91 Å². The molecule has 1 fully saturated rings. The number of carbonyl (C=O) groups excluding carboxylic acids is 1. The van der Waals surface area contributed by atoms with E-state index in [1.54, 1.807) is 0 Å². The number of hydrogen-bond acceptors (Lipinski definition) is 3. The van der Waals surface area contributed by atoms with Gasteiger partial charge in [-0.05, 0) is 54.0 Å². The highest BCUT2D eigenvalue weighted by Crippen LogP contribution is 2.29. The van der Waals surface area contributed by atoms with Gasteiger partial charge in [0, 0.05) is 11.6 Å². The molecule has 1 unspecified atom stereocenters. The Morgan fingerprint density at radius 2 is 1.72 bits per heavy atom. The number of benzene rings is 2. The van der Waals surface area contributed by atoms with Crippen LogP contribution in [0.25, 0.3) is 0 Å². The number of piperidine rings is 1. The van der Waals surface area contributed by atoms with Crippen LogP contribution in [-0.4, -0.2) is 25.0 Å². The fourth-order valence-electron chi connectivity index (χ4n) is 2.81. The van der Waals surface area contributed by atoms with Crippen molar-refractivity contribution in [1.82, 2.24) is 10.6 Å². The lowest BCUT2D eigenvalue weighted by molar-refractivity contribution is -0.129. The second-order valence-electron chi connectivity index (χ2n) is 5.87. The largest absolute Gasteiger partial charge is 0.475 e. The molecule has 3 rings (SSSR count). The normalized spacial score (nSPS) is 15.7. The second kappa shape index (κ2) is 9.80. The molecule has 4 nitrogen and oxygen atoms in total. The number of carbonyl (C=O) groups is 1. The molecule has 1 saturated heterocycles. The minimum Gasteiger partial charge on any atom is -0.475 e. The third-order valence-corrected chi connectivity index (χ3v) is 4.76. The third kappa shape index (κ3) is 5.46. The van der Waals surface area contributed by atoms with Crippen LogP contribution in [0.2, 0.25) is 0 Å². The summed E-state index contributed by atoms with van der Waals surface area (Å²) in [4.78, 5) is 12.9. The molecule has 0 spiro atoms. The van der Waals surface area contributed by atoms with Crippen molar-refractivity contribution in [3.8, 4) is 5.75 Å². The Morgan fingerprint density at radius 1 is 1.08 bits per heavy atom. The standard InChI is InChI=1S/C19H21BrN2O2.ClH/c20-16-8-4-5-9-17(16)24-18(14-6-2-1-3-7-14)19(23)22-15-10-12-21-13-11-15;/h1-9,15,18,21H,10-13H2,(H,22,23);1H. The van der Waals surface area contributed by atoms with E-state index in [0.717, 1.165) is 36.0 Å². The van der Waals surface area contributed by atoms with Gasteiger partial charge in [-0.1, -0.05) is 42.5 Å². The molecule has 25 heavy (non-hydrogen) atoms. The Hall–Kier alpha value is -1.56. The van der Waals surface area contributed by atoms with Gasteiger partial charge in [-0.15, -0.1) is 12.4 Å². The van der Waals surface area contributed by atoms with Gasteiger partial charge < -0.3 is 15.4 Å². The van der Waals surface area contributed by atoms with Crippen molar-refractivity contribution in [2.75, 3.05) is 13.1 Å². The van der Waals surface area contributed by atoms with Gasteiger partial charge >= 0.3 is 0 Å². The maximum absolute atomic E-state index is 12.9. The Bertz CT molecular complexity index is 678. The van der Waals surface area contributed by atoms with Gasteiger partial charge in [0.1, 0.15) is 5.75 Å². The molecule has 0 bridgehead atoms. The van der Waals surface area contributed by atoms with Crippen molar-refractivity contribution in [3.63, 3.8) is 0 Å². The summed E-state index contributed by atoms with van der Waals surface area (Å²) < 4.78 is 6.89. The number of ether oxygens (including phenoxy) is 1. The van der Waals surface area contributed by atoms with Crippen molar-refractivity contribution in [2.45, 2.75) is 25.0 Å². The monoisotopic (exact) mass is 424 g/mol. The van der Waals surface area contributed by atoms with Gasteiger partial charge in [0.15, 0.2) is 0 Å². The molecule has 134 valence electrons. The molecule has 1 heterocycles. The summed E-state index contributed by atoms with van der Waals surface area (Å²) in [6, 6.07) is 17.4. The Balaban J connectivity index is 0.00000225. The highest BCUT2D eigenvalue weighted by atomic mass is 79.9. The summed E-state index contributed by atoms with van der Waals surface area (Å²) >= 11 is 3.48. The van der Waals surface area contributed by atoms with Crippen LogP contribution >= 0.6 is 28.3 Å². The number of rotatable bonds is 5. The molecule has 1 aliphatic rings. The first kappa shape index (κ1) is 19.8. The molecular formula is C19H22BrClN2O2. The molecule has 2 aromatic rings. The van der Waals surface area contributed by atoms with Crippen LogP contribution in [0.15, 0.2) is 59.1 Å². The van der Waals surface area contributed by atoms with Crippen molar-refractivity contribution in [1.29, 1.82) is 0 Å². The minimum absolute atomic E-state index is 0. The molecule has 0 radical (unpaired) electrons. The number of hydrogen-bond donors (Lipinski definition) is 2. The van der Waals surface area contributed by atoms with Gasteiger partial charge in [-0.2, -0.15) is 0 Å². The summed E-state index contributed by atoms with van der Waals surface area (Å²) in [7, 11) is 0. The topological polar surface area (TPSA) is 50.4 Å². The molecular weight excluding hydrogens is 404 g/mol. The number of para-hydroxylation sites is 1. The fourth-order valence-corrected chi connectivity index (χ4v) is 3.19. The Kier molecular flexibility index (Phi) is 7.75. The zero-order valence-corrected chi connectivity index (χ0v) is 16.2. The maximum atomic E-state index is 12.9. The Morgan fingerprint density at radius 3 is 2.40 bits per heavy atom. The quantitative estimate of drug-likeness (QED) is 0.765. The molecule has 0 saturated carbocycles. The minimum atomic E-state index is -0.667. The van der Waals surface area contributed by atoms with Gasteiger partial charge in [0.2, 0.25) is 6.10 Å².